The van der Waals surface area contributed by atoms with E-state index in [4.69, 9.17) is 4.74 Å². The molecule has 4 aromatic rings. The number of aromatic nitrogens is 2. The average Bonchev–Trinajstić information content (AvgIpc) is 3.08. The van der Waals surface area contributed by atoms with Gasteiger partial charge in [0.2, 0.25) is 0 Å². The van der Waals surface area contributed by atoms with Crippen LogP contribution in [0.1, 0.15) is 28.5 Å². The molecule has 0 fully saturated rings. The van der Waals surface area contributed by atoms with Gasteiger partial charge in [-0.2, -0.15) is 0 Å². The highest BCUT2D eigenvalue weighted by Gasteiger charge is 2.25. The van der Waals surface area contributed by atoms with Crippen LogP contribution in [-0.4, -0.2) is 22.1 Å². The molecular formula is C25H24FN3O2. The maximum absolute atomic E-state index is 14.6. The number of esters is 1. The lowest BCUT2D eigenvalue weighted by molar-refractivity contribution is 0.0515. The summed E-state index contributed by atoms with van der Waals surface area (Å²) in [6, 6.07) is 16.9. The minimum absolute atomic E-state index is 0.246. The van der Waals surface area contributed by atoms with Gasteiger partial charge in [0.15, 0.2) is 5.69 Å². The molecule has 4 rings (SSSR count). The van der Waals surface area contributed by atoms with Crippen LogP contribution in [0.25, 0.3) is 10.9 Å². The summed E-state index contributed by atoms with van der Waals surface area (Å²) < 4.78 is 21.9. The zero-order chi connectivity index (χ0) is 21.8. The number of nitrogens with one attached hydrogen (secondary N) is 1. The highest BCUT2D eigenvalue weighted by molar-refractivity contribution is 6.07. The molecule has 0 saturated carbocycles. The van der Waals surface area contributed by atoms with Crippen LogP contribution in [0, 0.1) is 12.7 Å². The molecule has 0 aliphatic heterocycles. The number of aryl methyl sites for hydroxylation is 3. The van der Waals surface area contributed by atoms with Crippen molar-refractivity contribution in [1.29, 1.82) is 0 Å². The number of halogens is 1. The Bertz CT molecular complexity index is 1220. The third kappa shape index (κ3) is 4.28. The van der Waals surface area contributed by atoms with Crippen molar-refractivity contribution in [2.45, 2.75) is 26.8 Å². The number of carbonyl (C=O) groups is 1. The molecule has 2 aromatic heterocycles. The molecule has 0 amide bonds. The molecular weight excluding hydrogens is 393 g/mol. The number of pyridine rings is 1. The lowest BCUT2D eigenvalue weighted by Crippen LogP contribution is -2.15. The molecule has 2 aromatic carbocycles. The van der Waals surface area contributed by atoms with Gasteiger partial charge in [0, 0.05) is 24.3 Å². The number of carbonyl (C=O) groups excluding carboxylic acids is 1. The number of rotatable bonds is 7. The Balaban J connectivity index is 1.83. The number of hydrogen-bond acceptors (Lipinski definition) is 4. The van der Waals surface area contributed by atoms with Crippen LogP contribution >= 0.6 is 0 Å². The number of ether oxygens (including phenoxy) is 1. The first-order valence-corrected chi connectivity index (χ1v) is 10.3. The van der Waals surface area contributed by atoms with E-state index in [1.54, 1.807) is 25.4 Å². The van der Waals surface area contributed by atoms with E-state index in [1.807, 2.05) is 41.8 Å². The van der Waals surface area contributed by atoms with Crippen LogP contribution < -0.4 is 5.32 Å². The summed E-state index contributed by atoms with van der Waals surface area (Å²) in [4.78, 5) is 17.2. The molecule has 0 spiro atoms. The van der Waals surface area contributed by atoms with Gasteiger partial charge in [-0.25, -0.2) is 9.18 Å². The number of benzene rings is 2. The van der Waals surface area contributed by atoms with Gasteiger partial charge in [0.1, 0.15) is 5.82 Å². The molecule has 0 saturated heterocycles. The second kappa shape index (κ2) is 9.00. The fourth-order valence-corrected chi connectivity index (χ4v) is 3.71. The molecule has 0 atom stereocenters. The zero-order valence-electron chi connectivity index (χ0n) is 17.6. The van der Waals surface area contributed by atoms with E-state index < -0.39 is 5.97 Å². The molecule has 1 N–H and O–H groups in total. The van der Waals surface area contributed by atoms with Crippen LogP contribution in [0.5, 0.6) is 0 Å². The van der Waals surface area contributed by atoms with E-state index in [2.05, 4.69) is 22.4 Å². The Morgan fingerprint density at radius 2 is 1.97 bits per heavy atom. The standard InChI is InChI=1S/C25H24FN3O2/c1-3-31-25(30)24-23(28-21-10-9-17(2)15-20(21)26)19-16-27-13-11-22(19)29(24)14-12-18-7-5-4-6-8-18/h4-11,13,15-16,28H,3,12,14H2,1-2H3. The van der Waals surface area contributed by atoms with E-state index >= 15 is 0 Å². The molecule has 0 aliphatic carbocycles. The normalized spacial score (nSPS) is 10.9. The van der Waals surface area contributed by atoms with Crippen LogP contribution in [0.3, 0.4) is 0 Å². The third-order valence-electron chi connectivity index (χ3n) is 5.18. The Hall–Kier alpha value is -3.67. The number of anilines is 2. The highest BCUT2D eigenvalue weighted by atomic mass is 19.1. The second-order valence-electron chi connectivity index (χ2n) is 7.33. The van der Waals surface area contributed by atoms with Gasteiger partial charge in [0.25, 0.3) is 0 Å². The number of hydrogen-bond donors (Lipinski definition) is 1. The van der Waals surface area contributed by atoms with Crippen molar-refractivity contribution in [2.24, 2.45) is 0 Å². The van der Waals surface area contributed by atoms with Crippen molar-refractivity contribution in [2.75, 3.05) is 11.9 Å². The van der Waals surface area contributed by atoms with E-state index in [0.29, 0.717) is 23.6 Å². The fourth-order valence-electron chi connectivity index (χ4n) is 3.71. The van der Waals surface area contributed by atoms with Crippen molar-refractivity contribution in [3.63, 3.8) is 0 Å². The quantitative estimate of drug-likeness (QED) is 0.395. The predicted molar refractivity (Wildman–Crippen MR) is 120 cm³/mol. The largest absolute Gasteiger partial charge is 0.461 e. The Labute approximate surface area is 180 Å². The summed E-state index contributed by atoms with van der Waals surface area (Å²) >= 11 is 0. The van der Waals surface area contributed by atoms with E-state index in [-0.39, 0.29) is 12.4 Å². The summed E-state index contributed by atoms with van der Waals surface area (Å²) in [7, 11) is 0. The minimum Gasteiger partial charge on any atom is -0.461 e. The first-order valence-electron chi connectivity index (χ1n) is 10.3. The monoisotopic (exact) mass is 417 g/mol. The van der Waals surface area contributed by atoms with Gasteiger partial charge in [-0.1, -0.05) is 36.4 Å². The lowest BCUT2D eigenvalue weighted by atomic mass is 10.1. The van der Waals surface area contributed by atoms with E-state index in [0.717, 1.165) is 28.5 Å². The van der Waals surface area contributed by atoms with Crippen LogP contribution in [-0.2, 0) is 17.7 Å². The molecule has 0 radical (unpaired) electrons. The zero-order valence-corrected chi connectivity index (χ0v) is 17.6. The van der Waals surface area contributed by atoms with Crippen molar-refractivity contribution < 1.29 is 13.9 Å². The molecule has 2 heterocycles. The van der Waals surface area contributed by atoms with Gasteiger partial charge < -0.3 is 14.6 Å². The van der Waals surface area contributed by atoms with Crippen LogP contribution in [0.4, 0.5) is 15.8 Å². The maximum Gasteiger partial charge on any atom is 0.357 e. The van der Waals surface area contributed by atoms with Crippen molar-refractivity contribution in [1.82, 2.24) is 9.55 Å². The van der Waals surface area contributed by atoms with Gasteiger partial charge >= 0.3 is 5.97 Å². The minimum atomic E-state index is -0.457. The van der Waals surface area contributed by atoms with Gasteiger partial charge in [0.05, 0.1) is 23.5 Å². The molecule has 31 heavy (non-hydrogen) atoms. The topological polar surface area (TPSA) is 56.1 Å². The Kier molecular flexibility index (Phi) is 5.98. The van der Waals surface area contributed by atoms with Gasteiger partial charge in [-0.3, -0.25) is 4.98 Å². The molecule has 0 bridgehead atoms. The molecule has 158 valence electrons. The summed E-state index contributed by atoms with van der Waals surface area (Å²) in [5.41, 5.74) is 3.97. The average molecular weight is 417 g/mol. The molecule has 5 nitrogen and oxygen atoms in total. The maximum atomic E-state index is 14.6. The molecule has 0 unspecified atom stereocenters. The Morgan fingerprint density at radius 3 is 2.71 bits per heavy atom. The van der Waals surface area contributed by atoms with Crippen molar-refractivity contribution in [3.05, 3.63) is 89.6 Å². The fraction of sp³-hybridized carbons (Fsp3) is 0.200. The molecule has 0 aliphatic rings. The van der Waals surface area contributed by atoms with Crippen LogP contribution in [0.15, 0.2) is 67.0 Å². The van der Waals surface area contributed by atoms with Crippen LogP contribution in [0.2, 0.25) is 0 Å². The second-order valence-corrected chi connectivity index (χ2v) is 7.33. The lowest BCUT2D eigenvalue weighted by Gasteiger charge is -2.13. The summed E-state index contributed by atoms with van der Waals surface area (Å²) in [6.07, 6.45) is 4.11. The summed E-state index contributed by atoms with van der Waals surface area (Å²) in [5, 5.41) is 3.87. The highest BCUT2D eigenvalue weighted by Crippen LogP contribution is 2.34. The third-order valence-corrected chi connectivity index (χ3v) is 5.18. The summed E-state index contributed by atoms with van der Waals surface area (Å²) in [6.45, 7) is 4.41. The van der Waals surface area contributed by atoms with E-state index in [1.165, 1.54) is 6.07 Å². The first kappa shape index (κ1) is 20.6. The number of fused-ring (bicyclic) bond motifs is 1. The first-order chi connectivity index (χ1) is 15.1. The van der Waals surface area contributed by atoms with Gasteiger partial charge in [-0.05, 0) is 49.6 Å². The summed E-state index contributed by atoms with van der Waals surface area (Å²) in [5.74, 6) is -0.842. The smallest absolute Gasteiger partial charge is 0.357 e. The molecule has 6 heteroatoms. The SMILES string of the molecule is CCOC(=O)c1c(Nc2ccc(C)cc2F)c2cnccc2n1CCc1ccccc1. The number of nitrogens with zero attached hydrogens (tertiary/aromatic N) is 2. The Morgan fingerprint density at radius 1 is 1.16 bits per heavy atom. The van der Waals surface area contributed by atoms with Crippen molar-refractivity contribution in [3.8, 4) is 0 Å². The van der Waals surface area contributed by atoms with E-state index in [9.17, 15) is 9.18 Å². The predicted octanol–water partition coefficient (Wildman–Crippen LogP) is 5.65. The van der Waals surface area contributed by atoms with Gasteiger partial charge in [-0.15, -0.1) is 0 Å². The van der Waals surface area contributed by atoms with Crippen molar-refractivity contribution >= 4 is 28.2 Å².